The fourth-order valence-corrected chi connectivity index (χ4v) is 2.39. The lowest BCUT2D eigenvalue weighted by atomic mass is 10.0. The van der Waals surface area contributed by atoms with Crippen molar-refractivity contribution in [2.45, 2.75) is 0 Å². The van der Waals surface area contributed by atoms with E-state index in [1.54, 1.807) is 43.5 Å². The maximum absolute atomic E-state index is 12.6. The summed E-state index contributed by atoms with van der Waals surface area (Å²) in [5.74, 6) is 0.875. The molecule has 20 heavy (non-hydrogen) atoms. The second kappa shape index (κ2) is 6.29. The Morgan fingerprint density at radius 1 is 1.10 bits per heavy atom. The Kier molecular flexibility index (Phi) is 4.68. The molecule has 0 spiro atoms. The topological polar surface area (TPSA) is 35.5 Å². The number of rotatable bonds is 4. The molecule has 2 aromatic rings. The first-order valence-electron chi connectivity index (χ1n) is 5.79. The van der Waals surface area contributed by atoms with Crippen LogP contribution in [0.15, 0.2) is 40.9 Å². The van der Waals surface area contributed by atoms with E-state index in [0.29, 0.717) is 32.1 Å². The molecule has 0 amide bonds. The molecule has 0 fully saturated rings. The van der Waals surface area contributed by atoms with Crippen molar-refractivity contribution >= 4 is 33.3 Å². The van der Waals surface area contributed by atoms with Crippen LogP contribution in [0.3, 0.4) is 0 Å². The van der Waals surface area contributed by atoms with Crippen molar-refractivity contribution in [3.8, 4) is 11.5 Å². The molecular formula is C15H12BrClO3. The van der Waals surface area contributed by atoms with E-state index >= 15 is 0 Å². The summed E-state index contributed by atoms with van der Waals surface area (Å²) in [4.78, 5) is 12.6. The molecule has 3 nitrogen and oxygen atoms in total. The smallest absolute Gasteiger partial charge is 0.198 e. The summed E-state index contributed by atoms with van der Waals surface area (Å²) in [6.07, 6.45) is 0. The van der Waals surface area contributed by atoms with Crippen LogP contribution in [-0.4, -0.2) is 20.0 Å². The van der Waals surface area contributed by atoms with E-state index in [9.17, 15) is 4.79 Å². The molecule has 0 aromatic heterocycles. The second-order valence-electron chi connectivity index (χ2n) is 4.00. The zero-order valence-corrected chi connectivity index (χ0v) is 13.3. The molecule has 0 radical (unpaired) electrons. The van der Waals surface area contributed by atoms with Crippen molar-refractivity contribution in [1.82, 2.24) is 0 Å². The first-order valence-corrected chi connectivity index (χ1v) is 6.96. The van der Waals surface area contributed by atoms with Gasteiger partial charge in [-0.05, 0) is 40.2 Å². The molecule has 0 aliphatic carbocycles. The summed E-state index contributed by atoms with van der Waals surface area (Å²) in [6, 6.07) is 10.3. The van der Waals surface area contributed by atoms with Gasteiger partial charge in [0.25, 0.3) is 0 Å². The average molecular weight is 356 g/mol. The van der Waals surface area contributed by atoms with Gasteiger partial charge in [0.05, 0.1) is 24.8 Å². The van der Waals surface area contributed by atoms with Crippen molar-refractivity contribution in [3.63, 3.8) is 0 Å². The van der Waals surface area contributed by atoms with Gasteiger partial charge in [-0.1, -0.05) is 17.7 Å². The summed E-state index contributed by atoms with van der Waals surface area (Å²) < 4.78 is 11.0. The minimum absolute atomic E-state index is 0.198. The molecular weight excluding hydrogens is 344 g/mol. The van der Waals surface area contributed by atoms with Crippen LogP contribution in [0, 0.1) is 0 Å². The largest absolute Gasteiger partial charge is 0.497 e. The number of halogens is 2. The number of hydrogen-bond donors (Lipinski definition) is 0. The third kappa shape index (κ3) is 2.81. The van der Waals surface area contributed by atoms with E-state index < -0.39 is 0 Å². The molecule has 0 unspecified atom stereocenters. The average Bonchev–Trinajstić information content (AvgIpc) is 2.48. The molecule has 0 heterocycles. The molecule has 0 aliphatic heterocycles. The Hall–Kier alpha value is -1.52. The van der Waals surface area contributed by atoms with E-state index in [1.165, 1.54) is 7.11 Å². The van der Waals surface area contributed by atoms with Crippen LogP contribution >= 0.6 is 27.5 Å². The SMILES string of the molecule is COc1ccc(C(=O)c2cccc(Br)c2Cl)c(OC)c1. The second-order valence-corrected chi connectivity index (χ2v) is 5.23. The van der Waals surface area contributed by atoms with Crippen LogP contribution in [0.4, 0.5) is 0 Å². The first kappa shape index (κ1) is 14.9. The molecule has 0 bridgehead atoms. The van der Waals surface area contributed by atoms with Gasteiger partial charge in [0, 0.05) is 16.1 Å². The predicted octanol–water partition coefficient (Wildman–Crippen LogP) is 4.35. The van der Waals surface area contributed by atoms with Crippen LogP contribution in [0.25, 0.3) is 0 Å². The van der Waals surface area contributed by atoms with Gasteiger partial charge < -0.3 is 9.47 Å². The summed E-state index contributed by atoms with van der Waals surface area (Å²) in [5.41, 5.74) is 0.859. The molecule has 5 heteroatoms. The maximum Gasteiger partial charge on any atom is 0.198 e. The lowest BCUT2D eigenvalue weighted by Crippen LogP contribution is -2.05. The summed E-state index contributed by atoms with van der Waals surface area (Å²) >= 11 is 9.47. The van der Waals surface area contributed by atoms with Gasteiger partial charge in [0.15, 0.2) is 5.78 Å². The van der Waals surface area contributed by atoms with Crippen molar-refractivity contribution in [1.29, 1.82) is 0 Å². The highest BCUT2D eigenvalue weighted by molar-refractivity contribution is 9.10. The zero-order valence-electron chi connectivity index (χ0n) is 10.9. The number of ketones is 1. The van der Waals surface area contributed by atoms with E-state index in [4.69, 9.17) is 21.1 Å². The molecule has 0 saturated carbocycles. The quantitative estimate of drug-likeness (QED) is 0.765. The third-order valence-corrected chi connectivity index (χ3v) is 4.15. The maximum atomic E-state index is 12.6. The molecule has 2 aromatic carbocycles. The number of carbonyl (C=O) groups excluding carboxylic acids is 1. The monoisotopic (exact) mass is 354 g/mol. The Morgan fingerprint density at radius 3 is 2.50 bits per heavy atom. The van der Waals surface area contributed by atoms with Crippen molar-refractivity contribution in [3.05, 3.63) is 57.0 Å². The number of carbonyl (C=O) groups is 1. The van der Waals surface area contributed by atoms with Gasteiger partial charge in [0.1, 0.15) is 11.5 Å². The molecule has 0 atom stereocenters. The van der Waals surface area contributed by atoms with E-state index in [-0.39, 0.29) is 5.78 Å². The van der Waals surface area contributed by atoms with E-state index in [1.807, 2.05) is 0 Å². The van der Waals surface area contributed by atoms with Crippen LogP contribution in [0.5, 0.6) is 11.5 Å². The first-order chi connectivity index (χ1) is 9.58. The van der Waals surface area contributed by atoms with Gasteiger partial charge in [-0.25, -0.2) is 0 Å². The number of hydrogen-bond acceptors (Lipinski definition) is 3. The third-order valence-electron chi connectivity index (χ3n) is 2.85. The molecule has 0 aliphatic rings. The number of ether oxygens (including phenoxy) is 2. The predicted molar refractivity (Wildman–Crippen MR) is 82.1 cm³/mol. The Balaban J connectivity index is 2.50. The molecule has 0 N–H and O–H groups in total. The molecule has 0 saturated heterocycles. The highest BCUT2D eigenvalue weighted by atomic mass is 79.9. The van der Waals surface area contributed by atoms with Gasteiger partial charge in [0.2, 0.25) is 0 Å². The van der Waals surface area contributed by atoms with Crippen molar-refractivity contribution < 1.29 is 14.3 Å². The van der Waals surface area contributed by atoms with Crippen LogP contribution in [0.1, 0.15) is 15.9 Å². The van der Waals surface area contributed by atoms with Gasteiger partial charge >= 0.3 is 0 Å². The minimum atomic E-state index is -0.198. The van der Waals surface area contributed by atoms with Crippen LogP contribution in [0.2, 0.25) is 5.02 Å². The standard InChI is InChI=1S/C15H12BrClO3/c1-19-9-6-7-10(13(8-9)20-2)15(18)11-4-3-5-12(16)14(11)17/h3-8H,1-2H3. The number of methoxy groups -OCH3 is 2. The fraction of sp³-hybridized carbons (Fsp3) is 0.133. The van der Waals surface area contributed by atoms with Gasteiger partial charge in [-0.15, -0.1) is 0 Å². The van der Waals surface area contributed by atoms with Crippen LogP contribution in [-0.2, 0) is 0 Å². The molecule has 104 valence electrons. The highest BCUT2D eigenvalue weighted by Crippen LogP contribution is 2.31. The van der Waals surface area contributed by atoms with Crippen LogP contribution < -0.4 is 9.47 Å². The van der Waals surface area contributed by atoms with Crippen molar-refractivity contribution in [2.24, 2.45) is 0 Å². The van der Waals surface area contributed by atoms with Gasteiger partial charge in [-0.2, -0.15) is 0 Å². The zero-order chi connectivity index (χ0) is 14.7. The normalized spacial score (nSPS) is 10.2. The Bertz CT molecular complexity index is 656. The van der Waals surface area contributed by atoms with Crippen molar-refractivity contribution in [2.75, 3.05) is 14.2 Å². The summed E-state index contributed by atoms with van der Waals surface area (Å²) in [7, 11) is 3.06. The Morgan fingerprint density at radius 2 is 1.85 bits per heavy atom. The highest BCUT2D eigenvalue weighted by Gasteiger charge is 2.18. The Labute approximate surface area is 130 Å². The summed E-state index contributed by atoms with van der Waals surface area (Å²) in [6.45, 7) is 0. The fourth-order valence-electron chi connectivity index (χ4n) is 1.81. The summed E-state index contributed by atoms with van der Waals surface area (Å²) in [5, 5.41) is 0.385. The van der Waals surface area contributed by atoms with E-state index in [0.717, 1.165) is 0 Å². The minimum Gasteiger partial charge on any atom is -0.497 e. The van der Waals surface area contributed by atoms with Gasteiger partial charge in [-0.3, -0.25) is 4.79 Å². The molecule has 2 rings (SSSR count). The van der Waals surface area contributed by atoms with E-state index in [2.05, 4.69) is 15.9 Å². The lowest BCUT2D eigenvalue weighted by Gasteiger charge is -2.11. The lowest BCUT2D eigenvalue weighted by molar-refractivity contribution is 0.103. The number of benzene rings is 2.